The zero-order valence-electron chi connectivity index (χ0n) is 11.6. The zero-order valence-corrected chi connectivity index (χ0v) is 11.6. The summed E-state index contributed by atoms with van der Waals surface area (Å²) in [6.07, 6.45) is 3.83. The Morgan fingerprint density at radius 1 is 1.33 bits per heavy atom. The molecule has 1 N–H and O–H groups in total. The van der Waals surface area contributed by atoms with Crippen molar-refractivity contribution in [3.63, 3.8) is 0 Å². The molecular formula is C16H25NO. The van der Waals surface area contributed by atoms with Gasteiger partial charge in [-0.15, -0.1) is 0 Å². The Bertz CT molecular complexity index is 356. The smallest absolute Gasteiger partial charge is 0.122 e. The monoisotopic (exact) mass is 247 g/mol. The number of piperidine rings is 1. The van der Waals surface area contributed by atoms with Gasteiger partial charge in [-0.05, 0) is 55.8 Å². The normalized spacial score (nSPS) is 20.1. The lowest BCUT2D eigenvalue weighted by molar-refractivity contribution is 0.252. The van der Waals surface area contributed by atoms with Crippen LogP contribution in [-0.4, -0.2) is 19.7 Å². The molecule has 0 radical (unpaired) electrons. The molecule has 2 nitrogen and oxygen atoms in total. The molecule has 0 unspecified atom stereocenters. The Labute approximate surface area is 111 Å². The lowest BCUT2D eigenvalue weighted by Gasteiger charge is -2.23. The summed E-state index contributed by atoms with van der Waals surface area (Å²) in [7, 11) is 0. The second-order valence-electron chi connectivity index (χ2n) is 5.54. The zero-order chi connectivity index (χ0) is 12.8. The van der Waals surface area contributed by atoms with Gasteiger partial charge in [0.25, 0.3) is 0 Å². The molecule has 1 aromatic rings. The maximum atomic E-state index is 5.97. The average molecular weight is 247 g/mol. The SMILES string of the molecule is CC(C)c1ccccc1OCC[C@@H]1CCCNC1. The van der Waals surface area contributed by atoms with Crippen LogP contribution in [0.4, 0.5) is 0 Å². The Hall–Kier alpha value is -1.02. The quantitative estimate of drug-likeness (QED) is 0.858. The summed E-state index contributed by atoms with van der Waals surface area (Å²) in [5.41, 5.74) is 1.32. The van der Waals surface area contributed by atoms with Crippen molar-refractivity contribution < 1.29 is 4.74 Å². The van der Waals surface area contributed by atoms with E-state index in [2.05, 4.69) is 43.4 Å². The molecule has 0 bridgehead atoms. The molecular weight excluding hydrogens is 222 g/mol. The first-order valence-corrected chi connectivity index (χ1v) is 7.20. The molecule has 1 aliphatic heterocycles. The van der Waals surface area contributed by atoms with E-state index in [1.54, 1.807) is 0 Å². The highest BCUT2D eigenvalue weighted by Crippen LogP contribution is 2.26. The van der Waals surface area contributed by atoms with E-state index in [0.29, 0.717) is 5.92 Å². The molecule has 1 fully saturated rings. The van der Waals surface area contributed by atoms with Crippen molar-refractivity contribution in [2.45, 2.75) is 39.0 Å². The van der Waals surface area contributed by atoms with Crippen molar-refractivity contribution in [1.82, 2.24) is 5.32 Å². The van der Waals surface area contributed by atoms with Crippen molar-refractivity contribution in [2.75, 3.05) is 19.7 Å². The largest absolute Gasteiger partial charge is 0.493 e. The second kappa shape index (κ2) is 6.79. The predicted octanol–water partition coefficient (Wildman–Crippen LogP) is 3.58. The van der Waals surface area contributed by atoms with E-state index in [1.807, 2.05) is 0 Å². The predicted molar refractivity (Wildman–Crippen MR) is 76.2 cm³/mol. The summed E-state index contributed by atoms with van der Waals surface area (Å²) in [6, 6.07) is 8.41. The third-order valence-electron chi connectivity index (χ3n) is 3.72. The Balaban J connectivity index is 1.82. The molecule has 1 aliphatic rings. The molecule has 0 saturated carbocycles. The summed E-state index contributed by atoms with van der Waals surface area (Å²) in [4.78, 5) is 0. The number of hydrogen-bond acceptors (Lipinski definition) is 2. The van der Waals surface area contributed by atoms with Crippen molar-refractivity contribution >= 4 is 0 Å². The number of benzene rings is 1. The Morgan fingerprint density at radius 2 is 2.17 bits per heavy atom. The lowest BCUT2D eigenvalue weighted by Crippen LogP contribution is -2.30. The number of ether oxygens (including phenoxy) is 1. The summed E-state index contributed by atoms with van der Waals surface area (Å²) in [5.74, 6) is 2.39. The standard InChI is InChI=1S/C16H25NO/c1-13(2)15-7-3-4-8-16(15)18-11-9-14-6-5-10-17-12-14/h3-4,7-8,13-14,17H,5-6,9-12H2,1-2H3/t14-/m0/s1. The molecule has 2 heteroatoms. The van der Waals surface area contributed by atoms with E-state index in [-0.39, 0.29) is 0 Å². The van der Waals surface area contributed by atoms with Crippen LogP contribution in [0.15, 0.2) is 24.3 Å². The fraction of sp³-hybridized carbons (Fsp3) is 0.625. The molecule has 1 saturated heterocycles. The average Bonchev–Trinajstić information content (AvgIpc) is 2.40. The number of rotatable bonds is 5. The first kappa shape index (κ1) is 13.4. The van der Waals surface area contributed by atoms with Crippen molar-refractivity contribution in [1.29, 1.82) is 0 Å². The summed E-state index contributed by atoms with van der Waals surface area (Å²) < 4.78 is 5.97. The van der Waals surface area contributed by atoms with Gasteiger partial charge in [-0.25, -0.2) is 0 Å². The first-order valence-electron chi connectivity index (χ1n) is 7.20. The topological polar surface area (TPSA) is 21.3 Å². The van der Waals surface area contributed by atoms with Gasteiger partial charge in [0.2, 0.25) is 0 Å². The van der Waals surface area contributed by atoms with Gasteiger partial charge >= 0.3 is 0 Å². The number of hydrogen-bond donors (Lipinski definition) is 1. The molecule has 0 aromatic heterocycles. The third-order valence-corrected chi connectivity index (χ3v) is 3.72. The van der Waals surface area contributed by atoms with E-state index in [4.69, 9.17) is 4.74 Å². The molecule has 0 amide bonds. The maximum absolute atomic E-state index is 5.97. The van der Waals surface area contributed by atoms with E-state index in [1.165, 1.54) is 31.4 Å². The van der Waals surface area contributed by atoms with Gasteiger partial charge in [-0.1, -0.05) is 32.0 Å². The molecule has 0 spiro atoms. The van der Waals surface area contributed by atoms with Gasteiger partial charge in [0.1, 0.15) is 5.75 Å². The Morgan fingerprint density at radius 3 is 2.89 bits per heavy atom. The van der Waals surface area contributed by atoms with Gasteiger partial charge in [-0.2, -0.15) is 0 Å². The van der Waals surface area contributed by atoms with Gasteiger partial charge in [-0.3, -0.25) is 0 Å². The molecule has 1 heterocycles. The highest BCUT2D eigenvalue weighted by molar-refractivity contribution is 5.35. The van der Waals surface area contributed by atoms with Crippen LogP contribution in [0, 0.1) is 5.92 Å². The summed E-state index contributed by atoms with van der Waals surface area (Å²) >= 11 is 0. The van der Waals surface area contributed by atoms with Crippen molar-refractivity contribution in [2.24, 2.45) is 5.92 Å². The van der Waals surface area contributed by atoms with Crippen LogP contribution in [-0.2, 0) is 0 Å². The van der Waals surface area contributed by atoms with Crippen LogP contribution >= 0.6 is 0 Å². The van der Waals surface area contributed by atoms with Crippen molar-refractivity contribution in [3.05, 3.63) is 29.8 Å². The first-order chi connectivity index (χ1) is 8.77. The maximum Gasteiger partial charge on any atom is 0.122 e. The van der Waals surface area contributed by atoms with E-state index < -0.39 is 0 Å². The minimum absolute atomic E-state index is 0.526. The van der Waals surface area contributed by atoms with Gasteiger partial charge in [0.05, 0.1) is 6.61 Å². The molecule has 2 rings (SSSR count). The van der Waals surface area contributed by atoms with E-state index in [0.717, 1.165) is 24.8 Å². The molecule has 18 heavy (non-hydrogen) atoms. The molecule has 0 aliphatic carbocycles. The van der Waals surface area contributed by atoms with Gasteiger partial charge in [0.15, 0.2) is 0 Å². The minimum atomic E-state index is 0.526. The van der Waals surface area contributed by atoms with Gasteiger partial charge in [0, 0.05) is 0 Å². The Kier molecular flexibility index (Phi) is 5.06. The molecule has 1 atom stereocenters. The lowest BCUT2D eigenvalue weighted by atomic mass is 9.97. The van der Waals surface area contributed by atoms with Crippen LogP contribution in [0.3, 0.4) is 0 Å². The highest BCUT2D eigenvalue weighted by atomic mass is 16.5. The van der Waals surface area contributed by atoms with Crippen LogP contribution in [0.2, 0.25) is 0 Å². The van der Waals surface area contributed by atoms with Crippen LogP contribution in [0.5, 0.6) is 5.75 Å². The van der Waals surface area contributed by atoms with Crippen molar-refractivity contribution in [3.8, 4) is 5.75 Å². The second-order valence-corrected chi connectivity index (χ2v) is 5.54. The number of para-hydroxylation sites is 1. The van der Waals surface area contributed by atoms with Crippen LogP contribution in [0.1, 0.15) is 44.6 Å². The van der Waals surface area contributed by atoms with E-state index in [9.17, 15) is 0 Å². The van der Waals surface area contributed by atoms with E-state index >= 15 is 0 Å². The van der Waals surface area contributed by atoms with Crippen LogP contribution in [0.25, 0.3) is 0 Å². The van der Waals surface area contributed by atoms with Crippen LogP contribution < -0.4 is 10.1 Å². The molecule has 1 aromatic carbocycles. The fourth-order valence-electron chi connectivity index (χ4n) is 2.59. The number of nitrogens with one attached hydrogen (secondary N) is 1. The summed E-state index contributed by atoms with van der Waals surface area (Å²) in [6.45, 7) is 7.62. The van der Waals surface area contributed by atoms with Gasteiger partial charge < -0.3 is 10.1 Å². The highest BCUT2D eigenvalue weighted by Gasteiger charge is 2.13. The third kappa shape index (κ3) is 3.74. The molecule has 100 valence electrons. The minimum Gasteiger partial charge on any atom is -0.493 e. The fourth-order valence-corrected chi connectivity index (χ4v) is 2.59. The summed E-state index contributed by atoms with van der Waals surface area (Å²) in [5, 5.41) is 3.46.